The molecule has 0 saturated heterocycles. The molecule has 0 bridgehead atoms. The summed E-state index contributed by atoms with van der Waals surface area (Å²) in [5.74, 6) is 0.760. The first-order valence-corrected chi connectivity index (χ1v) is 5.23. The monoisotopic (exact) mass is 182 g/mol. The van der Waals surface area contributed by atoms with Crippen molar-refractivity contribution in [3.63, 3.8) is 0 Å². The minimum atomic E-state index is 0.729. The smallest absolute Gasteiger partial charge is 0.119 e. The van der Waals surface area contributed by atoms with Crippen LogP contribution in [0.5, 0.6) is 0 Å². The van der Waals surface area contributed by atoms with E-state index in [2.05, 4.69) is 26.8 Å². The molecule has 0 aliphatic rings. The molecule has 0 saturated carbocycles. The van der Waals surface area contributed by atoms with Crippen LogP contribution in [0, 0.1) is 5.92 Å². The normalized spacial score (nSPS) is 12.2. The molecule has 1 nitrogen and oxygen atoms in total. The predicted molar refractivity (Wildman–Crippen MR) is 57.7 cm³/mol. The SMILES string of the molecule is CC(C)=CCCC(C)CCCC=O. The van der Waals surface area contributed by atoms with Crippen LogP contribution >= 0.6 is 0 Å². The zero-order valence-corrected chi connectivity index (χ0v) is 9.18. The standard InChI is InChI=1S/C12H22O/c1-11(2)7-6-9-12(3)8-4-5-10-13/h7,10,12H,4-6,8-9H2,1-3H3. The molecule has 0 aromatic heterocycles. The van der Waals surface area contributed by atoms with Crippen molar-refractivity contribution in [2.24, 2.45) is 5.92 Å². The third-order valence-corrected chi connectivity index (χ3v) is 2.23. The van der Waals surface area contributed by atoms with Crippen molar-refractivity contribution >= 4 is 6.29 Å². The number of carbonyl (C=O) groups excluding carboxylic acids is 1. The molecule has 1 unspecified atom stereocenters. The lowest BCUT2D eigenvalue weighted by Gasteiger charge is -2.07. The van der Waals surface area contributed by atoms with Crippen LogP contribution in [0.25, 0.3) is 0 Å². The molecular weight excluding hydrogens is 160 g/mol. The van der Waals surface area contributed by atoms with E-state index in [1.54, 1.807) is 0 Å². The van der Waals surface area contributed by atoms with E-state index in [4.69, 9.17) is 0 Å². The molecule has 0 aromatic rings. The number of hydrogen-bond acceptors (Lipinski definition) is 1. The van der Waals surface area contributed by atoms with Crippen molar-refractivity contribution in [3.8, 4) is 0 Å². The number of unbranched alkanes of at least 4 members (excludes halogenated alkanes) is 1. The molecule has 0 rings (SSSR count). The van der Waals surface area contributed by atoms with Crippen LogP contribution in [0.3, 0.4) is 0 Å². The summed E-state index contributed by atoms with van der Waals surface area (Å²) in [5, 5.41) is 0. The Bertz CT molecular complexity index is 155. The minimum Gasteiger partial charge on any atom is -0.303 e. The van der Waals surface area contributed by atoms with Crippen LogP contribution in [-0.2, 0) is 4.79 Å². The van der Waals surface area contributed by atoms with Crippen molar-refractivity contribution in [1.82, 2.24) is 0 Å². The zero-order valence-electron chi connectivity index (χ0n) is 9.18. The van der Waals surface area contributed by atoms with Gasteiger partial charge < -0.3 is 4.79 Å². The highest BCUT2D eigenvalue weighted by Gasteiger charge is 1.99. The Kier molecular flexibility index (Phi) is 7.66. The van der Waals surface area contributed by atoms with E-state index in [1.165, 1.54) is 24.8 Å². The summed E-state index contributed by atoms with van der Waals surface area (Å²) in [6.07, 6.45) is 8.72. The van der Waals surface area contributed by atoms with Gasteiger partial charge >= 0.3 is 0 Å². The Morgan fingerprint density at radius 2 is 1.92 bits per heavy atom. The van der Waals surface area contributed by atoms with Crippen LogP contribution in [0.1, 0.15) is 52.9 Å². The van der Waals surface area contributed by atoms with Gasteiger partial charge in [0.1, 0.15) is 6.29 Å². The average Bonchev–Trinajstić information content (AvgIpc) is 2.04. The Labute approximate surface area is 82.2 Å². The van der Waals surface area contributed by atoms with Gasteiger partial charge in [-0.25, -0.2) is 0 Å². The third-order valence-electron chi connectivity index (χ3n) is 2.23. The summed E-state index contributed by atoms with van der Waals surface area (Å²) in [6.45, 7) is 6.54. The third kappa shape index (κ3) is 9.32. The van der Waals surface area contributed by atoms with E-state index in [9.17, 15) is 4.79 Å². The van der Waals surface area contributed by atoms with E-state index in [0.717, 1.165) is 25.0 Å². The Morgan fingerprint density at radius 1 is 1.23 bits per heavy atom. The summed E-state index contributed by atoms with van der Waals surface area (Å²) < 4.78 is 0. The Morgan fingerprint density at radius 3 is 2.46 bits per heavy atom. The quantitative estimate of drug-likeness (QED) is 0.333. The number of carbonyl (C=O) groups is 1. The van der Waals surface area contributed by atoms with Crippen LogP contribution < -0.4 is 0 Å². The fraction of sp³-hybridized carbons (Fsp3) is 0.750. The highest BCUT2D eigenvalue weighted by molar-refractivity contribution is 5.48. The summed E-state index contributed by atoms with van der Waals surface area (Å²) in [6, 6.07) is 0. The number of rotatable bonds is 7. The first kappa shape index (κ1) is 12.4. The van der Waals surface area contributed by atoms with Crippen LogP contribution in [-0.4, -0.2) is 6.29 Å². The molecule has 0 heterocycles. The Hall–Kier alpha value is -0.590. The molecule has 1 heteroatoms. The second-order valence-corrected chi connectivity index (χ2v) is 4.06. The van der Waals surface area contributed by atoms with Gasteiger partial charge in [-0.1, -0.05) is 25.0 Å². The van der Waals surface area contributed by atoms with E-state index in [1.807, 2.05) is 0 Å². The lowest BCUT2D eigenvalue weighted by atomic mass is 9.98. The second kappa shape index (κ2) is 8.03. The summed E-state index contributed by atoms with van der Waals surface area (Å²) >= 11 is 0. The molecule has 0 N–H and O–H groups in total. The van der Waals surface area contributed by atoms with Gasteiger partial charge in [-0.3, -0.25) is 0 Å². The lowest BCUT2D eigenvalue weighted by molar-refractivity contribution is -0.107. The summed E-state index contributed by atoms with van der Waals surface area (Å²) in [5.41, 5.74) is 1.40. The van der Waals surface area contributed by atoms with Gasteiger partial charge in [0, 0.05) is 6.42 Å². The topological polar surface area (TPSA) is 17.1 Å². The molecule has 0 spiro atoms. The molecule has 1 atom stereocenters. The predicted octanol–water partition coefficient (Wildman–Crippen LogP) is 3.74. The molecule has 0 aromatic carbocycles. The molecular formula is C12H22O. The van der Waals surface area contributed by atoms with Crippen molar-refractivity contribution < 1.29 is 4.79 Å². The second-order valence-electron chi connectivity index (χ2n) is 4.06. The van der Waals surface area contributed by atoms with Crippen molar-refractivity contribution in [3.05, 3.63) is 11.6 Å². The average molecular weight is 182 g/mol. The van der Waals surface area contributed by atoms with Gasteiger partial charge in [-0.05, 0) is 39.0 Å². The van der Waals surface area contributed by atoms with Crippen LogP contribution in [0.15, 0.2) is 11.6 Å². The van der Waals surface area contributed by atoms with E-state index < -0.39 is 0 Å². The van der Waals surface area contributed by atoms with Crippen molar-refractivity contribution in [2.75, 3.05) is 0 Å². The molecule has 0 fully saturated rings. The van der Waals surface area contributed by atoms with Gasteiger partial charge in [0.2, 0.25) is 0 Å². The van der Waals surface area contributed by atoms with E-state index >= 15 is 0 Å². The summed E-state index contributed by atoms with van der Waals surface area (Å²) in [4.78, 5) is 10.1. The van der Waals surface area contributed by atoms with Crippen LogP contribution in [0.2, 0.25) is 0 Å². The van der Waals surface area contributed by atoms with Gasteiger partial charge in [-0.15, -0.1) is 0 Å². The number of aldehydes is 1. The Balaban J connectivity index is 3.34. The maximum Gasteiger partial charge on any atom is 0.119 e. The molecule has 13 heavy (non-hydrogen) atoms. The molecule has 0 aliphatic heterocycles. The van der Waals surface area contributed by atoms with Crippen molar-refractivity contribution in [2.45, 2.75) is 52.9 Å². The lowest BCUT2D eigenvalue weighted by Crippen LogP contribution is -1.94. The zero-order chi connectivity index (χ0) is 10.1. The van der Waals surface area contributed by atoms with Crippen LogP contribution in [0.4, 0.5) is 0 Å². The molecule has 0 radical (unpaired) electrons. The van der Waals surface area contributed by atoms with E-state index in [-0.39, 0.29) is 0 Å². The van der Waals surface area contributed by atoms with Crippen molar-refractivity contribution in [1.29, 1.82) is 0 Å². The highest BCUT2D eigenvalue weighted by Crippen LogP contribution is 2.14. The first-order chi connectivity index (χ1) is 6.16. The van der Waals surface area contributed by atoms with Gasteiger partial charge in [0.15, 0.2) is 0 Å². The maximum absolute atomic E-state index is 10.1. The molecule has 76 valence electrons. The largest absolute Gasteiger partial charge is 0.303 e. The highest BCUT2D eigenvalue weighted by atomic mass is 16.1. The molecule has 0 aliphatic carbocycles. The fourth-order valence-electron chi connectivity index (χ4n) is 1.35. The molecule has 0 amide bonds. The minimum absolute atomic E-state index is 0.729. The maximum atomic E-state index is 10.1. The van der Waals surface area contributed by atoms with E-state index in [0.29, 0.717) is 0 Å². The van der Waals surface area contributed by atoms with Gasteiger partial charge in [-0.2, -0.15) is 0 Å². The van der Waals surface area contributed by atoms with Gasteiger partial charge in [0.25, 0.3) is 0 Å². The fourth-order valence-corrected chi connectivity index (χ4v) is 1.35. The number of allylic oxidation sites excluding steroid dienone is 2. The van der Waals surface area contributed by atoms with Gasteiger partial charge in [0.05, 0.1) is 0 Å². The number of hydrogen-bond donors (Lipinski definition) is 0. The first-order valence-electron chi connectivity index (χ1n) is 5.23. The summed E-state index contributed by atoms with van der Waals surface area (Å²) in [7, 11) is 0.